The van der Waals surface area contributed by atoms with Crippen LogP contribution < -0.4 is 26.4 Å². The van der Waals surface area contributed by atoms with Crippen molar-refractivity contribution in [2.45, 2.75) is 117 Å². The molecule has 1 unspecified atom stereocenters. The number of aromatic nitrogens is 7. The van der Waals surface area contributed by atoms with Crippen molar-refractivity contribution in [2.24, 2.45) is 0 Å². The van der Waals surface area contributed by atoms with Gasteiger partial charge in [-0.3, -0.25) is 48.5 Å². The quantitative estimate of drug-likeness (QED) is 0.0377. The first-order valence-electron chi connectivity index (χ1n) is 27.8. The number of ether oxygens (including phenoxy) is 2. The topological polar surface area (TPSA) is 261 Å². The summed E-state index contributed by atoms with van der Waals surface area (Å²) >= 11 is 0. The Kier molecular flexibility index (Phi) is 18.6. The van der Waals surface area contributed by atoms with Crippen LogP contribution >= 0.6 is 0 Å². The summed E-state index contributed by atoms with van der Waals surface area (Å²) < 4.78 is 15.1. The highest BCUT2D eigenvalue weighted by molar-refractivity contribution is 6.25. The predicted molar refractivity (Wildman–Crippen MR) is 299 cm³/mol. The minimum Gasteiger partial charge on any atom is -0.382 e. The monoisotopic (exact) mass is 1090 g/mol. The number of anilines is 2. The summed E-state index contributed by atoms with van der Waals surface area (Å²) in [5.74, 6) is -1.44. The number of nitrogens with zero attached hydrogens (tertiary/aromatic N) is 9. The molecule has 2 aromatic carbocycles. The Labute approximate surface area is 463 Å². The molecular formula is C58H71N13O9. The highest BCUT2D eigenvalue weighted by atomic mass is 16.5. The van der Waals surface area contributed by atoms with Gasteiger partial charge in [0.15, 0.2) is 0 Å². The summed E-state index contributed by atoms with van der Waals surface area (Å²) in [7, 11) is 0. The van der Waals surface area contributed by atoms with E-state index in [4.69, 9.17) is 14.5 Å². The number of amides is 6. The third-order valence-corrected chi connectivity index (χ3v) is 14.9. The molecule has 6 aromatic rings. The number of unbranched alkanes of at least 4 members (excludes halogenated alkanes) is 5. The zero-order valence-electron chi connectivity index (χ0n) is 46.1. The second-order valence-corrected chi connectivity index (χ2v) is 21.0. The lowest BCUT2D eigenvalue weighted by atomic mass is 10.0. The van der Waals surface area contributed by atoms with Gasteiger partial charge in [-0.1, -0.05) is 37.0 Å². The molecule has 422 valence electrons. The molecule has 0 aliphatic carbocycles. The Morgan fingerprint density at radius 3 is 2.36 bits per heavy atom. The second-order valence-electron chi connectivity index (χ2n) is 21.0. The lowest BCUT2D eigenvalue weighted by Crippen LogP contribution is -2.54. The molecular weight excluding hydrogens is 1020 g/mol. The van der Waals surface area contributed by atoms with E-state index in [0.717, 1.165) is 94.6 Å². The summed E-state index contributed by atoms with van der Waals surface area (Å²) in [6.07, 6.45) is 13.2. The Balaban J connectivity index is 0.611. The Morgan fingerprint density at radius 1 is 0.838 bits per heavy atom. The molecule has 7 heterocycles. The minimum atomic E-state index is -1.02. The average Bonchev–Trinajstić information content (AvgIpc) is 4.19. The molecule has 4 N–H and O–H groups in total. The number of nitrogens with one attached hydrogen (secondary N) is 4. The molecule has 0 spiro atoms. The maximum absolute atomic E-state index is 13.8. The number of hydrogen-bond acceptors (Lipinski definition) is 15. The summed E-state index contributed by atoms with van der Waals surface area (Å²) in [6, 6.07) is 13.8. The number of piperidine rings is 1. The van der Waals surface area contributed by atoms with Gasteiger partial charge in [0.1, 0.15) is 11.9 Å². The van der Waals surface area contributed by atoms with Crippen LogP contribution in [0.15, 0.2) is 71.9 Å². The average molecular weight is 1090 g/mol. The number of carbonyl (C=O) groups excluding carboxylic acids is 6. The zero-order valence-corrected chi connectivity index (χ0v) is 46.1. The molecule has 0 radical (unpaired) electrons. The van der Waals surface area contributed by atoms with Gasteiger partial charge in [-0.05, 0) is 107 Å². The van der Waals surface area contributed by atoms with Crippen molar-refractivity contribution in [3.05, 3.63) is 117 Å². The third kappa shape index (κ3) is 13.5. The number of aromatic amines is 1. The van der Waals surface area contributed by atoms with Crippen molar-refractivity contribution in [2.75, 3.05) is 69.4 Å². The largest absolute Gasteiger partial charge is 0.382 e. The van der Waals surface area contributed by atoms with Crippen molar-refractivity contribution in [1.82, 2.24) is 55.2 Å². The van der Waals surface area contributed by atoms with E-state index in [1.165, 1.54) is 0 Å². The van der Waals surface area contributed by atoms with Gasteiger partial charge in [0.25, 0.3) is 23.3 Å². The van der Waals surface area contributed by atoms with Crippen molar-refractivity contribution in [1.29, 1.82) is 0 Å². The number of H-pyrrole nitrogens is 1. The summed E-state index contributed by atoms with van der Waals surface area (Å²) in [6.45, 7) is 13.1. The number of rotatable bonds is 26. The molecule has 2 saturated heterocycles. The first kappa shape index (κ1) is 56.6. The summed E-state index contributed by atoms with van der Waals surface area (Å²) in [4.78, 5) is 103. The van der Waals surface area contributed by atoms with Crippen molar-refractivity contribution in [3.8, 4) is 11.1 Å². The van der Waals surface area contributed by atoms with Gasteiger partial charge < -0.3 is 34.9 Å². The molecule has 22 heteroatoms. The number of piperazine rings is 1. The van der Waals surface area contributed by atoms with Crippen LogP contribution in [-0.4, -0.2) is 145 Å². The van der Waals surface area contributed by atoms with E-state index in [2.05, 4.69) is 41.2 Å². The normalized spacial score (nSPS) is 15.6. The van der Waals surface area contributed by atoms with Gasteiger partial charge in [-0.2, -0.15) is 5.10 Å². The molecule has 0 saturated carbocycles. The highest BCUT2D eigenvalue weighted by Gasteiger charge is 2.45. The standard InChI is InChI=1S/C58H71N13O9/c1-37(2)71-49-32-41(31-44(46(49)35-62-71)54(74)61-34-45-38(3)30-39(4)63-55(45)75)40-16-18-50(60-33-40)67-21-23-68(24-22-67)52(73)15-10-8-6-5-7-9-12-42-36-69(66-65-42)25-27-80-29-28-79-26-20-59-47-14-11-13-43-53(47)58(78)70(57(43)77)48-17-19-51(72)64-56(48)76/h11,13-14,16,18,30-33,35-37,48,59H,5-10,12,15,17,19-29,34H2,1-4H3,(H,61,74)(H,63,75)(H,64,72,76). The van der Waals surface area contributed by atoms with Crippen molar-refractivity contribution in [3.63, 3.8) is 0 Å². The lowest BCUT2D eigenvalue weighted by molar-refractivity contribution is -0.136. The Bertz CT molecular complexity index is 3290. The summed E-state index contributed by atoms with van der Waals surface area (Å²) in [5, 5.41) is 22.2. The van der Waals surface area contributed by atoms with Crippen molar-refractivity contribution >= 4 is 57.9 Å². The first-order valence-corrected chi connectivity index (χ1v) is 27.8. The molecule has 0 bridgehead atoms. The molecule has 4 aromatic heterocycles. The molecule has 80 heavy (non-hydrogen) atoms. The first-order chi connectivity index (χ1) is 38.7. The molecule has 6 amide bonds. The maximum Gasteiger partial charge on any atom is 0.264 e. The number of fused-ring (bicyclic) bond motifs is 2. The van der Waals surface area contributed by atoms with E-state index in [9.17, 15) is 33.6 Å². The number of aryl methyl sites for hydroxylation is 3. The van der Waals surface area contributed by atoms with Gasteiger partial charge in [0.05, 0.1) is 67.1 Å². The van der Waals surface area contributed by atoms with Crippen LogP contribution in [-0.2, 0) is 43.4 Å². The van der Waals surface area contributed by atoms with Crippen LogP contribution in [0.1, 0.15) is 131 Å². The van der Waals surface area contributed by atoms with Gasteiger partial charge >= 0.3 is 0 Å². The maximum atomic E-state index is 13.8. The van der Waals surface area contributed by atoms with E-state index in [1.54, 1.807) is 29.1 Å². The number of benzene rings is 2. The van der Waals surface area contributed by atoms with Crippen LogP contribution in [0.3, 0.4) is 0 Å². The Hall–Kier alpha value is -8.11. The number of imide groups is 2. The molecule has 3 aliphatic heterocycles. The van der Waals surface area contributed by atoms with Gasteiger partial charge in [-0.15, -0.1) is 5.10 Å². The summed E-state index contributed by atoms with van der Waals surface area (Å²) in [5.41, 5.74) is 6.74. The van der Waals surface area contributed by atoms with E-state index in [-0.39, 0.29) is 53.9 Å². The molecule has 2 fully saturated rings. The van der Waals surface area contributed by atoms with Crippen LogP contribution in [0.5, 0.6) is 0 Å². The van der Waals surface area contributed by atoms with Gasteiger partial charge in [0.2, 0.25) is 17.7 Å². The fraction of sp³-hybridized carbons (Fsp3) is 0.466. The fourth-order valence-corrected chi connectivity index (χ4v) is 10.6. The van der Waals surface area contributed by atoms with Crippen LogP contribution in [0.25, 0.3) is 22.0 Å². The van der Waals surface area contributed by atoms with Gasteiger partial charge in [0, 0.05) is 98.4 Å². The van der Waals surface area contributed by atoms with E-state index in [1.807, 2.05) is 80.0 Å². The van der Waals surface area contributed by atoms with E-state index >= 15 is 0 Å². The Morgan fingerprint density at radius 2 is 1.61 bits per heavy atom. The number of carbonyl (C=O) groups is 6. The number of hydrogen-bond donors (Lipinski definition) is 4. The molecule has 3 aliphatic rings. The van der Waals surface area contributed by atoms with E-state index in [0.29, 0.717) is 88.9 Å². The molecule has 1 atom stereocenters. The highest BCUT2D eigenvalue weighted by Crippen LogP contribution is 2.33. The molecule has 22 nitrogen and oxygen atoms in total. The predicted octanol–water partition coefficient (Wildman–Crippen LogP) is 5.67. The lowest BCUT2D eigenvalue weighted by Gasteiger charge is -2.35. The van der Waals surface area contributed by atoms with Crippen LogP contribution in [0.4, 0.5) is 11.5 Å². The second kappa shape index (κ2) is 26.2. The van der Waals surface area contributed by atoms with E-state index < -0.39 is 29.7 Å². The zero-order chi connectivity index (χ0) is 56.3. The fourth-order valence-electron chi connectivity index (χ4n) is 10.6. The SMILES string of the molecule is Cc1cc(C)c(CNC(=O)c2cc(-c3ccc(N4CCN(C(=O)CCCCCCCCc5cn(CCOCCOCCNc6cccc7c6C(=O)N(C6CCC(=O)NC6=O)C7=O)nn5)CC4)nc3)cc3c2cnn3C(C)C)c(=O)[nH]1. The van der Waals surface area contributed by atoms with Crippen molar-refractivity contribution < 1.29 is 38.2 Å². The third-order valence-electron chi connectivity index (χ3n) is 14.9. The smallest absolute Gasteiger partial charge is 0.264 e. The van der Waals surface area contributed by atoms with Crippen LogP contribution in [0.2, 0.25) is 0 Å². The minimum absolute atomic E-state index is 0.0587. The van der Waals surface area contributed by atoms with Crippen LogP contribution in [0, 0.1) is 13.8 Å². The molecule has 9 rings (SSSR count). The number of pyridine rings is 2. The van der Waals surface area contributed by atoms with Gasteiger partial charge in [-0.25, -0.2) is 9.67 Å².